The Kier molecular flexibility index (Phi) is 7.29. The zero-order chi connectivity index (χ0) is 26.7. The molecule has 12 nitrogen and oxygen atoms in total. The van der Waals surface area contributed by atoms with Crippen LogP contribution in [0.5, 0.6) is 0 Å². The molecule has 4 heterocycles. The molecule has 13 heteroatoms. The molecular weight excluding hydrogens is 504 g/mol. The second kappa shape index (κ2) is 10.8. The summed E-state index contributed by atoms with van der Waals surface area (Å²) in [5.41, 5.74) is 3.40. The van der Waals surface area contributed by atoms with Gasteiger partial charge in [-0.25, -0.2) is 9.97 Å². The molecule has 198 valence electrons. The number of carbonyl (C=O) groups is 1. The van der Waals surface area contributed by atoms with Crippen LogP contribution in [0.3, 0.4) is 0 Å². The first-order valence-corrected chi connectivity index (χ1v) is 13.2. The number of hydrogen-bond acceptors (Lipinski definition) is 12. The summed E-state index contributed by atoms with van der Waals surface area (Å²) in [5, 5.41) is 23.5. The summed E-state index contributed by atoms with van der Waals surface area (Å²) in [4.78, 5) is 27.7. The molecule has 1 saturated heterocycles. The summed E-state index contributed by atoms with van der Waals surface area (Å²) in [6.07, 6.45) is 1.52. The number of hydrogen-bond donors (Lipinski definition) is 3. The van der Waals surface area contributed by atoms with Crippen molar-refractivity contribution in [1.82, 2.24) is 40.9 Å². The quantitative estimate of drug-likeness (QED) is 0.321. The third kappa shape index (κ3) is 5.94. The van der Waals surface area contributed by atoms with Gasteiger partial charge in [0.05, 0.1) is 5.69 Å². The van der Waals surface area contributed by atoms with Crippen LogP contribution in [0.25, 0.3) is 11.3 Å². The van der Waals surface area contributed by atoms with Gasteiger partial charge in [0.2, 0.25) is 10.3 Å². The van der Waals surface area contributed by atoms with Crippen LogP contribution < -0.4 is 20.9 Å². The summed E-state index contributed by atoms with van der Waals surface area (Å²) < 4.78 is 5.13. The second-order valence-corrected chi connectivity index (χ2v) is 11.0. The zero-order valence-corrected chi connectivity index (χ0v) is 22.6. The summed E-state index contributed by atoms with van der Waals surface area (Å²) >= 11 is 1.50. The van der Waals surface area contributed by atoms with Gasteiger partial charge in [-0.2, -0.15) is 4.98 Å². The number of anilines is 3. The van der Waals surface area contributed by atoms with E-state index in [0.717, 1.165) is 53.7 Å². The number of nitrogens with one attached hydrogen (secondary N) is 3. The molecule has 1 aromatic carbocycles. The van der Waals surface area contributed by atoms with Crippen LogP contribution in [0.2, 0.25) is 0 Å². The van der Waals surface area contributed by atoms with Crippen LogP contribution in [-0.2, 0) is 12.0 Å². The van der Waals surface area contributed by atoms with Crippen LogP contribution >= 0.6 is 11.3 Å². The van der Waals surface area contributed by atoms with E-state index in [2.05, 4.69) is 51.2 Å². The van der Waals surface area contributed by atoms with Gasteiger partial charge in [0.15, 0.2) is 5.82 Å². The lowest BCUT2D eigenvalue weighted by atomic mass is 9.96. The number of benzene rings is 1. The molecular formula is C25H30N10O2S. The molecule has 0 unspecified atom stereocenters. The van der Waals surface area contributed by atoms with E-state index in [1.807, 2.05) is 52.0 Å². The molecule has 0 spiro atoms. The largest absolute Gasteiger partial charge is 0.344 e. The summed E-state index contributed by atoms with van der Waals surface area (Å²) in [6, 6.07) is 7.85. The van der Waals surface area contributed by atoms with E-state index in [1.165, 1.54) is 17.7 Å². The SMILES string of the molecule is Cc1cc(-c2cc(Nc3nnc(N4CCNCC4)s3)ncn2)ccc1CNC(=O)c1nc(C(C)(C)C)no1. The maximum Gasteiger partial charge on any atom is 0.315 e. The van der Waals surface area contributed by atoms with Crippen LogP contribution in [0.1, 0.15) is 48.4 Å². The standard InChI is InChI=1S/C25H30N10O2S/c1-15-11-16(5-6-17(15)13-27-20(36)21-31-22(34-37-21)25(2,3)4)18-12-19(29-14-28-18)30-23-32-33-24(38-23)35-9-7-26-8-10-35/h5-6,11-12,14,26H,7-10,13H2,1-4H3,(H,27,36)(H,28,29,30,32). The molecule has 1 aliphatic rings. The van der Waals surface area contributed by atoms with Gasteiger partial charge < -0.3 is 25.4 Å². The van der Waals surface area contributed by atoms with Crippen LogP contribution in [-0.4, -0.2) is 62.4 Å². The van der Waals surface area contributed by atoms with Crippen molar-refractivity contribution in [3.05, 3.63) is 53.4 Å². The van der Waals surface area contributed by atoms with Crippen molar-refractivity contribution in [3.8, 4) is 11.3 Å². The lowest BCUT2D eigenvalue weighted by Crippen LogP contribution is -2.43. The van der Waals surface area contributed by atoms with E-state index in [4.69, 9.17) is 4.52 Å². The number of rotatable bonds is 7. The number of piperazine rings is 1. The molecule has 0 atom stereocenters. The minimum absolute atomic E-state index is 0.0410. The first-order chi connectivity index (χ1) is 18.3. The van der Waals surface area contributed by atoms with E-state index >= 15 is 0 Å². The van der Waals surface area contributed by atoms with Gasteiger partial charge in [-0.15, -0.1) is 10.2 Å². The highest BCUT2D eigenvalue weighted by atomic mass is 32.1. The van der Waals surface area contributed by atoms with Crippen molar-refractivity contribution in [3.63, 3.8) is 0 Å². The fourth-order valence-electron chi connectivity index (χ4n) is 3.87. The number of aryl methyl sites for hydroxylation is 1. The van der Waals surface area contributed by atoms with Crippen LogP contribution in [0, 0.1) is 6.92 Å². The molecule has 1 amide bonds. The first-order valence-electron chi connectivity index (χ1n) is 12.4. The summed E-state index contributed by atoms with van der Waals surface area (Å²) in [5.74, 6) is 0.690. The second-order valence-electron chi connectivity index (χ2n) is 10.0. The smallest absolute Gasteiger partial charge is 0.315 e. The lowest BCUT2D eigenvalue weighted by molar-refractivity contribution is 0.0907. The normalized spacial score (nSPS) is 13.9. The Balaban J connectivity index is 1.22. The minimum Gasteiger partial charge on any atom is -0.344 e. The fourth-order valence-corrected chi connectivity index (χ4v) is 4.67. The summed E-state index contributed by atoms with van der Waals surface area (Å²) in [6.45, 7) is 11.9. The Hall–Kier alpha value is -3.97. The van der Waals surface area contributed by atoms with Gasteiger partial charge in [-0.1, -0.05) is 49.4 Å². The molecule has 3 N–H and O–H groups in total. The molecule has 0 bridgehead atoms. The van der Waals surface area contributed by atoms with Crippen molar-refractivity contribution in [2.75, 3.05) is 36.4 Å². The van der Waals surface area contributed by atoms with Crippen molar-refractivity contribution in [2.45, 2.75) is 39.7 Å². The van der Waals surface area contributed by atoms with Crippen molar-refractivity contribution >= 4 is 33.3 Å². The fraction of sp³-hybridized carbons (Fsp3) is 0.400. The number of nitrogens with zero attached hydrogens (tertiary/aromatic N) is 7. The highest BCUT2D eigenvalue weighted by Crippen LogP contribution is 2.28. The average Bonchev–Trinajstić information content (AvgIpc) is 3.59. The Morgan fingerprint density at radius 2 is 1.97 bits per heavy atom. The lowest BCUT2D eigenvalue weighted by Gasteiger charge is -2.26. The number of carbonyl (C=O) groups excluding carboxylic acids is 1. The van der Waals surface area contributed by atoms with E-state index in [9.17, 15) is 4.79 Å². The molecule has 0 saturated carbocycles. The maximum absolute atomic E-state index is 12.5. The van der Waals surface area contributed by atoms with Gasteiger partial charge in [0.25, 0.3) is 0 Å². The minimum atomic E-state index is -0.403. The van der Waals surface area contributed by atoms with Crippen LogP contribution in [0.15, 0.2) is 35.1 Å². The van der Waals surface area contributed by atoms with Gasteiger partial charge >= 0.3 is 11.8 Å². The molecule has 0 radical (unpaired) electrons. The van der Waals surface area contributed by atoms with Gasteiger partial charge in [0.1, 0.15) is 12.1 Å². The average molecular weight is 535 g/mol. The zero-order valence-electron chi connectivity index (χ0n) is 21.8. The van der Waals surface area contributed by atoms with Gasteiger partial charge in [-0.05, 0) is 24.1 Å². The molecule has 0 aliphatic carbocycles. The van der Waals surface area contributed by atoms with E-state index in [0.29, 0.717) is 23.3 Å². The topological polar surface area (TPSA) is 147 Å². The molecule has 1 aliphatic heterocycles. The van der Waals surface area contributed by atoms with Gasteiger partial charge in [-0.3, -0.25) is 4.79 Å². The highest BCUT2D eigenvalue weighted by molar-refractivity contribution is 7.19. The van der Waals surface area contributed by atoms with Crippen molar-refractivity contribution < 1.29 is 9.32 Å². The Labute approximate surface area is 224 Å². The molecule has 5 rings (SSSR count). The monoisotopic (exact) mass is 534 g/mol. The maximum atomic E-state index is 12.5. The van der Waals surface area contributed by atoms with Crippen molar-refractivity contribution in [1.29, 1.82) is 0 Å². The Morgan fingerprint density at radius 3 is 2.71 bits per heavy atom. The number of aromatic nitrogens is 6. The van der Waals surface area contributed by atoms with Crippen LogP contribution in [0.4, 0.5) is 16.1 Å². The Bertz CT molecular complexity index is 1420. The van der Waals surface area contributed by atoms with Crippen molar-refractivity contribution in [2.24, 2.45) is 0 Å². The predicted molar refractivity (Wildman–Crippen MR) is 145 cm³/mol. The molecule has 38 heavy (non-hydrogen) atoms. The number of amides is 1. The molecule has 4 aromatic rings. The first kappa shape index (κ1) is 25.7. The summed E-state index contributed by atoms with van der Waals surface area (Å²) in [7, 11) is 0. The highest BCUT2D eigenvalue weighted by Gasteiger charge is 2.23. The molecule has 1 fully saturated rings. The molecule has 3 aromatic heterocycles. The van der Waals surface area contributed by atoms with E-state index < -0.39 is 5.91 Å². The third-order valence-electron chi connectivity index (χ3n) is 6.07. The Morgan fingerprint density at radius 1 is 1.16 bits per heavy atom. The predicted octanol–water partition coefficient (Wildman–Crippen LogP) is 3.07. The van der Waals surface area contributed by atoms with E-state index in [-0.39, 0.29) is 11.3 Å². The van der Waals surface area contributed by atoms with Gasteiger partial charge in [0, 0.05) is 49.8 Å². The third-order valence-corrected chi connectivity index (χ3v) is 6.97. The van der Waals surface area contributed by atoms with E-state index in [1.54, 1.807) is 0 Å².